The zero-order valence-electron chi connectivity index (χ0n) is 17.7. The van der Waals surface area contributed by atoms with Crippen LogP contribution in [0, 0.1) is 17.3 Å². The summed E-state index contributed by atoms with van der Waals surface area (Å²) in [6.45, 7) is 2.76. The van der Waals surface area contributed by atoms with Crippen LogP contribution < -0.4 is 5.32 Å². The van der Waals surface area contributed by atoms with Crippen molar-refractivity contribution in [2.75, 3.05) is 13.1 Å². The van der Waals surface area contributed by atoms with Crippen LogP contribution >= 0.6 is 0 Å². The van der Waals surface area contributed by atoms with Crippen LogP contribution in [0.2, 0.25) is 0 Å². The number of nitrogens with zero attached hydrogens (tertiary/aromatic N) is 1. The van der Waals surface area contributed by atoms with Gasteiger partial charge in [-0.15, -0.1) is 0 Å². The normalized spacial score (nSPS) is 34.7. The van der Waals surface area contributed by atoms with E-state index in [1.165, 1.54) is 24.0 Å². The molecule has 5 aliphatic rings. The van der Waals surface area contributed by atoms with E-state index in [2.05, 4.69) is 70.9 Å². The molecule has 5 fully saturated rings. The molecule has 0 aromatic heterocycles. The molecule has 1 amide bonds. The first-order valence-electron chi connectivity index (χ1n) is 11.8. The van der Waals surface area contributed by atoms with Crippen molar-refractivity contribution < 1.29 is 4.79 Å². The van der Waals surface area contributed by atoms with E-state index in [9.17, 15) is 4.79 Å². The van der Waals surface area contributed by atoms with E-state index in [-0.39, 0.29) is 10.8 Å². The number of piperidine rings is 1. The highest BCUT2D eigenvalue weighted by Crippen LogP contribution is 2.76. The minimum absolute atomic E-state index is 0.0508. The SMILES string of the molecule is O=C(N1CCC(NCc2ccccc2)CC1)C12CC3CC1CC3(c1ccccc1)C2. The van der Waals surface area contributed by atoms with Crippen LogP contribution in [0.15, 0.2) is 60.7 Å². The highest BCUT2D eigenvalue weighted by molar-refractivity contribution is 5.85. The summed E-state index contributed by atoms with van der Waals surface area (Å²) in [5.74, 6) is 1.83. The molecule has 1 saturated heterocycles. The Kier molecular flexibility index (Phi) is 4.31. The number of likely N-dealkylation sites (tertiary alicyclic amines) is 1. The van der Waals surface area contributed by atoms with Gasteiger partial charge in [-0.25, -0.2) is 0 Å². The number of carbonyl (C=O) groups is 1. The minimum atomic E-state index is -0.0508. The van der Waals surface area contributed by atoms with Crippen LogP contribution in [0.4, 0.5) is 0 Å². The molecule has 1 N–H and O–H groups in total. The predicted octanol–water partition coefficient (Wildman–Crippen LogP) is 4.53. The number of amides is 1. The molecule has 2 aromatic carbocycles. The third kappa shape index (κ3) is 2.71. The molecule has 1 heterocycles. The second kappa shape index (κ2) is 6.95. The van der Waals surface area contributed by atoms with Crippen molar-refractivity contribution in [3.05, 3.63) is 71.8 Å². The lowest BCUT2D eigenvalue weighted by molar-refractivity contribution is -0.144. The van der Waals surface area contributed by atoms with Crippen LogP contribution in [0.3, 0.4) is 0 Å². The summed E-state index contributed by atoms with van der Waals surface area (Å²) in [6.07, 6.45) is 6.90. The number of hydrogen-bond donors (Lipinski definition) is 1. The molecule has 156 valence electrons. The molecule has 3 heteroatoms. The Hall–Kier alpha value is -2.13. The molecule has 0 radical (unpaired) electrons. The second-order valence-corrected chi connectivity index (χ2v) is 10.3. The third-order valence-electron chi connectivity index (χ3n) is 8.98. The van der Waals surface area contributed by atoms with E-state index in [1.54, 1.807) is 0 Å². The molecule has 4 bridgehead atoms. The highest BCUT2D eigenvalue weighted by atomic mass is 16.2. The smallest absolute Gasteiger partial charge is 0.229 e. The van der Waals surface area contributed by atoms with Crippen molar-refractivity contribution >= 4 is 5.91 Å². The third-order valence-corrected chi connectivity index (χ3v) is 8.98. The van der Waals surface area contributed by atoms with E-state index in [4.69, 9.17) is 0 Å². The van der Waals surface area contributed by atoms with Gasteiger partial charge >= 0.3 is 0 Å². The van der Waals surface area contributed by atoms with Crippen LogP contribution in [-0.2, 0) is 16.8 Å². The molecule has 4 atom stereocenters. The standard InChI is InChI=1S/C27H32N2O/c30-25(29-13-11-24(12-14-29)28-18-20-7-3-1-4-8-20)27-17-22-15-23(27)16-26(22,19-27)21-9-5-2-6-10-21/h1-10,22-24,28H,11-19H2. The monoisotopic (exact) mass is 400 g/mol. The fourth-order valence-corrected chi connectivity index (χ4v) is 7.58. The summed E-state index contributed by atoms with van der Waals surface area (Å²) in [5, 5.41) is 3.71. The largest absolute Gasteiger partial charge is 0.342 e. The summed E-state index contributed by atoms with van der Waals surface area (Å²) in [6, 6.07) is 22.2. The zero-order valence-corrected chi connectivity index (χ0v) is 17.7. The summed E-state index contributed by atoms with van der Waals surface area (Å²) in [4.78, 5) is 16.0. The summed E-state index contributed by atoms with van der Waals surface area (Å²) >= 11 is 0. The van der Waals surface area contributed by atoms with Gasteiger partial charge < -0.3 is 10.2 Å². The first-order chi connectivity index (χ1) is 14.7. The Morgan fingerprint density at radius 1 is 0.933 bits per heavy atom. The van der Waals surface area contributed by atoms with Gasteiger partial charge in [0.1, 0.15) is 0 Å². The van der Waals surface area contributed by atoms with Crippen molar-refractivity contribution in [2.24, 2.45) is 17.3 Å². The predicted molar refractivity (Wildman–Crippen MR) is 119 cm³/mol. The molecule has 4 saturated carbocycles. The van der Waals surface area contributed by atoms with Crippen molar-refractivity contribution in [3.63, 3.8) is 0 Å². The van der Waals surface area contributed by atoms with Gasteiger partial charge in [0.25, 0.3) is 0 Å². The number of hydrogen-bond acceptors (Lipinski definition) is 2. The fraction of sp³-hybridized carbons (Fsp3) is 0.519. The summed E-state index contributed by atoms with van der Waals surface area (Å²) < 4.78 is 0. The fourth-order valence-electron chi connectivity index (χ4n) is 7.58. The van der Waals surface area contributed by atoms with Gasteiger partial charge in [0.05, 0.1) is 5.41 Å². The van der Waals surface area contributed by atoms with Gasteiger partial charge in [-0.2, -0.15) is 0 Å². The molecule has 4 unspecified atom stereocenters. The number of carbonyl (C=O) groups excluding carboxylic acids is 1. The average molecular weight is 401 g/mol. The highest BCUT2D eigenvalue weighted by Gasteiger charge is 2.73. The van der Waals surface area contributed by atoms with Gasteiger partial charge in [0.15, 0.2) is 0 Å². The number of benzene rings is 2. The van der Waals surface area contributed by atoms with Crippen molar-refractivity contribution in [3.8, 4) is 0 Å². The van der Waals surface area contributed by atoms with Gasteiger partial charge in [0, 0.05) is 25.7 Å². The van der Waals surface area contributed by atoms with Gasteiger partial charge in [-0.3, -0.25) is 4.79 Å². The molecule has 30 heavy (non-hydrogen) atoms. The zero-order chi connectivity index (χ0) is 20.2. The maximum atomic E-state index is 13.8. The van der Waals surface area contributed by atoms with Gasteiger partial charge in [-0.1, -0.05) is 60.7 Å². The van der Waals surface area contributed by atoms with E-state index in [0.29, 0.717) is 17.9 Å². The van der Waals surface area contributed by atoms with Crippen molar-refractivity contribution in [1.29, 1.82) is 0 Å². The summed E-state index contributed by atoms with van der Waals surface area (Å²) in [7, 11) is 0. The Labute approximate surface area is 179 Å². The first-order valence-corrected chi connectivity index (χ1v) is 11.8. The topological polar surface area (TPSA) is 32.3 Å². The molecule has 2 aromatic rings. The van der Waals surface area contributed by atoms with E-state index in [1.807, 2.05) is 0 Å². The molecule has 3 nitrogen and oxygen atoms in total. The molecule has 0 spiro atoms. The maximum absolute atomic E-state index is 13.8. The quantitative estimate of drug-likeness (QED) is 0.800. The van der Waals surface area contributed by atoms with Crippen molar-refractivity contribution in [2.45, 2.75) is 56.5 Å². The molecule has 1 aliphatic heterocycles. The lowest BCUT2D eigenvalue weighted by Crippen LogP contribution is -2.50. The maximum Gasteiger partial charge on any atom is 0.229 e. The average Bonchev–Trinajstić information content (AvgIpc) is 3.53. The Morgan fingerprint density at radius 3 is 2.30 bits per heavy atom. The first kappa shape index (κ1) is 18.6. The molecular formula is C27H32N2O. The van der Waals surface area contributed by atoms with Crippen LogP contribution in [0.25, 0.3) is 0 Å². The Morgan fingerprint density at radius 2 is 1.63 bits per heavy atom. The molecular weight excluding hydrogens is 368 g/mol. The molecule has 7 rings (SSSR count). The summed E-state index contributed by atoms with van der Waals surface area (Å²) in [5.41, 5.74) is 3.07. The van der Waals surface area contributed by atoms with Crippen molar-refractivity contribution in [1.82, 2.24) is 10.2 Å². The molecule has 4 aliphatic carbocycles. The Bertz CT molecular complexity index is 920. The van der Waals surface area contributed by atoms with Crippen LogP contribution in [-0.4, -0.2) is 29.9 Å². The lowest BCUT2D eigenvalue weighted by atomic mass is 9.74. The number of nitrogens with one attached hydrogen (secondary N) is 1. The minimum Gasteiger partial charge on any atom is -0.342 e. The van der Waals surface area contributed by atoms with E-state index in [0.717, 1.165) is 51.2 Å². The van der Waals surface area contributed by atoms with E-state index >= 15 is 0 Å². The lowest BCUT2D eigenvalue weighted by Gasteiger charge is -2.39. The van der Waals surface area contributed by atoms with Crippen LogP contribution in [0.5, 0.6) is 0 Å². The van der Waals surface area contributed by atoms with Gasteiger partial charge in [0.2, 0.25) is 5.91 Å². The van der Waals surface area contributed by atoms with E-state index < -0.39 is 0 Å². The van der Waals surface area contributed by atoms with Gasteiger partial charge in [-0.05, 0) is 66.9 Å². The second-order valence-electron chi connectivity index (χ2n) is 10.3. The number of rotatable bonds is 5. The Balaban J connectivity index is 1.10. The van der Waals surface area contributed by atoms with Crippen LogP contribution in [0.1, 0.15) is 49.7 Å².